The van der Waals surface area contributed by atoms with Crippen molar-refractivity contribution in [3.8, 4) is 17.2 Å². The Morgan fingerprint density at radius 2 is 1.92 bits per heavy atom. The van der Waals surface area contributed by atoms with Gasteiger partial charge in [0.05, 0.1) is 19.2 Å². The van der Waals surface area contributed by atoms with Crippen LogP contribution in [0, 0.1) is 5.82 Å². The number of halogens is 2. The summed E-state index contributed by atoms with van der Waals surface area (Å²) in [6.07, 6.45) is 0. The third kappa shape index (κ3) is 4.76. The summed E-state index contributed by atoms with van der Waals surface area (Å²) in [5.41, 5.74) is 0.803. The highest BCUT2D eigenvalue weighted by atomic mass is 35.5. The number of nitrogens with zero attached hydrogens (tertiary/aromatic N) is 1. The first kappa shape index (κ1) is 18.9. The van der Waals surface area contributed by atoms with Gasteiger partial charge in [0.2, 0.25) is 0 Å². The number of ether oxygens (including phenoxy) is 3. The molecule has 0 fully saturated rings. The molecule has 0 bridgehead atoms. The standard InChI is InChI=1S/C18H19ClFNO4/c1-21(10-12-5-4-6-16(23-2)18(12)24-3)17(22)11-25-15-8-7-13(20)9-14(15)19/h4-9H,10-11H2,1-3H3. The smallest absolute Gasteiger partial charge is 0.260 e. The van der Waals surface area contributed by atoms with Gasteiger partial charge in [0.15, 0.2) is 18.1 Å². The molecule has 2 rings (SSSR count). The zero-order chi connectivity index (χ0) is 18.4. The average molecular weight is 368 g/mol. The van der Waals surface area contributed by atoms with Crippen LogP contribution in [0.5, 0.6) is 17.2 Å². The molecule has 0 radical (unpaired) electrons. The molecule has 7 heteroatoms. The van der Waals surface area contributed by atoms with Crippen molar-refractivity contribution in [2.75, 3.05) is 27.9 Å². The molecule has 0 aliphatic rings. The van der Waals surface area contributed by atoms with E-state index in [1.54, 1.807) is 27.3 Å². The SMILES string of the molecule is COc1cccc(CN(C)C(=O)COc2ccc(F)cc2Cl)c1OC. The largest absolute Gasteiger partial charge is 0.493 e. The minimum Gasteiger partial charge on any atom is -0.493 e. The van der Waals surface area contributed by atoms with Crippen molar-refractivity contribution in [1.82, 2.24) is 4.90 Å². The lowest BCUT2D eigenvalue weighted by molar-refractivity contribution is -0.132. The van der Waals surface area contributed by atoms with Gasteiger partial charge in [0, 0.05) is 19.2 Å². The normalized spacial score (nSPS) is 10.3. The zero-order valence-corrected chi connectivity index (χ0v) is 15.0. The van der Waals surface area contributed by atoms with E-state index < -0.39 is 5.82 Å². The number of rotatable bonds is 7. The van der Waals surface area contributed by atoms with Crippen LogP contribution in [0.25, 0.3) is 0 Å². The molecule has 0 N–H and O–H groups in total. The summed E-state index contributed by atoms with van der Waals surface area (Å²) in [4.78, 5) is 13.8. The van der Waals surface area contributed by atoms with Crippen LogP contribution in [-0.4, -0.2) is 38.7 Å². The predicted molar refractivity (Wildman–Crippen MR) is 92.9 cm³/mol. The lowest BCUT2D eigenvalue weighted by Crippen LogP contribution is -2.31. The van der Waals surface area contributed by atoms with Crippen molar-refractivity contribution in [1.29, 1.82) is 0 Å². The number of likely N-dealkylation sites (N-methyl/N-ethyl adjacent to an activating group) is 1. The van der Waals surface area contributed by atoms with E-state index in [1.807, 2.05) is 12.1 Å². The average Bonchev–Trinajstić information content (AvgIpc) is 2.60. The van der Waals surface area contributed by atoms with Crippen molar-refractivity contribution in [2.24, 2.45) is 0 Å². The zero-order valence-electron chi connectivity index (χ0n) is 14.2. The van der Waals surface area contributed by atoms with Gasteiger partial charge in [0.1, 0.15) is 11.6 Å². The van der Waals surface area contributed by atoms with Gasteiger partial charge in [-0.2, -0.15) is 0 Å². The minimum atomic E-state index is -0.467. The Kier molecular flexibility index (Phi) is 6.47. The summed E-state index contributed by atoms with van der Waals surface area (Å²) in [6.45, 7) is 0.105. The second-order valence-corrected chi connectivity index (χ2v) is 5.67. The highest BCUT2D eigenvalue weighted by molar-refractivity contribution is 6.32. The van der Waals surface area contributed by atoms with Crippen LogP contribution in [0.2, 0.25) is 5.02 Å². The van der Waals surface area contributed by atoms with Gasteiger partial charge in [0.25, 0.3) is 5.91 Å². The van der Waals surface area contributed by atoms with E-state index in [-0.39, 0.29) is 23.3 Å². The van der Waals surface area contributed by atoms with Crippen molar-refractivity contribution < 1.29 is 23.4 Å². The maximum Gasteiger partial charge on any atom is 0.260 e. The Hall–Kier alpha value is -2.47. The third-order valence-electron chi connectivity index (χ3n) is 3.56. The van der Waals surface area contributed by atoms with Crippen LogP contribution >= 0.6 is 11.6 Å². The summed E-state index contributed by atoms with van der Waals surface area (Å²) in [5.74, 6) is 0.697. The molecule has 0 spiro atoms. The summed E-state index contributed by atoms with van der Waals surface area (Å²) in [6, 6.07) is 9.19. The van der Waals surface area contributed by atoms with Crippen LogP contribution < -0.4 is 14.2 Å². The highest BCUT2D eigenvalue weighted by Crippen LogP contribution is 2.31. The van der Waals surface area contributed by atoms with Crippen molar-refractivity contribution >= 4 is 17.5 Å². The molecule has 0 heterocycles. The maximum atomic E-state index is 13.0. The molecule has 0 saturated carbocycles. The van der Waals surface area contributed by atoms with Gasteiger partial charge >= 0.3 is 0 Å². The van der Waals surface area contributed by atoms with E-state index in [0.29, 0.717) is 18.0 Å². The highest BCUT2D eigenvalue weighted by Gasteiger charge is 2.16. The van der Waals surface area contributed by atoms with Crippen LogP contribution in [0.1, 0.15) is 5.56 Å². The molecule has 0 atom stereocenters. The van der Waals surface area contributed by atoms with E-state index in [9.17, 15) is 9.18 Å². The fraction of sp³-hybridized carbons (Fsp3) is 0.278. The van der Waals surface area contributed by atoms with Gasteiger partial charge in [-0.25, -0.2) is 4.39 Å². The van der Waals surface area contributed by atoms with E-state index >= 15 is 0 Å². The maximum absolute atomic E-state index is 13.0. The predicted octanol–water partition coefficient (Wildman–Crippen LogP) is 3.53. The first-order chi connectivity index (χ1) is 12.0. The Bertz CT molecular complexity index is 754. The van der Waals surface area contributed by atoms with Gasteiger partial charge in [-0.05, 0) is 24.3 Å². The topological polar surface area (TPSA) is 48.0 Å². The molecule has 0 aliphatic heterocycles. The van der Waals surface area contributed by atoms with Crippen molar-refractivity contribution in [3.63, 3.8) is 0 Å². The summed E-state index contributed by atoms with van der Waals surface area (Å²) >= 11 is 5.87. The molecule has 1 amide bonds. The fourth-order valence-corrected chi connectivity index (χ4v) is 2.49. The lowest BCUT2D eigenvalue weighted by Gasteiger charge is -2.20. The summed E-state index contributed by atoms with van der Waals surface area (Å²) in [7, 11) is 4.75. The minimum absolute atomic E-state index is 0.116. The molecule has 134 valence electrons. The second kappa shape index (κ2) is 8.58. The number of methoxy groups -OCH3 is 2. The van der Waals surface area contributed by atoms with Gasteiger partial charge < -0.3 is 19.1 Å². The van der Waals surface area contributed by atoms with Crippen LogP contribution in [-0.2, 0) is 11.3 Å². The summed E-state index contributed by atoms with van der Waals surface area (Å²) < 4.78 is 29.0. The quantitative estimate of drug-likeness (QED) is 0.751. The Labute approximate surface area is 150 Å². The van der Waals surface area contributed by atoms with Gasteiger partial charge in [-0.3, -0.25) is 4.79 Å². The van der Waals surface area contributed by atoms with E-state index in [2.05, 4.69) is 0 Å². The number of hydrogen-bond donors (Lipinski definition) is 0. The molecular formula is C18H19ClFNO4. The van der Waals surface area contributed by atoms with E-state index in [4.69, 9.17) is 25.8 Å². The molecule has 0 aliphatic carbocycles. The van der Waals surface area contributed by atoms with Crippen LogP contribution in [0.15, 0.2) is 36.4 Å². The first-order valence-corrected chi connectivity index (χ1v) is 7.85. The molecule has 0 unspecified atom stereocenters. The molecular weight excluding hydrogens is 349 g/mol. The van der Waals surface area contributed by atoms with Crippen molar-refractivity contribution in [2.45, 2.75) is 6.54 Å². The molecule has 2 aromatic carbocycles. The molecule has 5 nitrogen and oxygen atoms in total. The number of hydrogen-bond acceptors (Lipinski definition) is 4. The molecule has 0 saturated heterocycles. The summed E-state index contributed by atoms with van der Waals surface area (Å²) in [5, 5.41) is 0.116. The van der Waals surface area contributed by atoms with Crippen molar-refractivity contribution in [3.05, 3.63) is 52.8 Å². The molecule has 0 aromatic heterocycles. The Morgan fingerprint density at radius 1 is 1.16 bits per heavy atom. The number of para-hydroxylation sites is 1. The van der Waals surface area contributed by atoms with Crippen LogP contribution in [0.4, 0.5) is 4.39 Å². The monoisotopic (exact) mass is 367 g/mol. The van der Waals surface area contributed by atoms with Gasteiger partial charge in [-0.1, -0.05) is 23.7 Å². The van der Waals surface area contributed by atoms with Gasteiger partial charge in [-0.15, -0.1) is 0 Å². The Morgan fingerprint density at radius 3 is 2.56 bits per heavy atom. The molecule has 2 aromatic rings. The fourth-order valence-electron chi connectivity index (χ4n) is 2.26. The third-order valence-corrected chi connectivity index (χ3v) is 3.86. The second-order valence-electron chi connectivity index (χ2n) is 5.27. The molecule has 25 heavy (non-hydrogen) atoms. The first-order valence-electron chi connectivity index (χ1n) is 7.48. The van der Waals surface area contributed by atoms with Crippen LogP contribution in [0.3, 0.4) is 0 Å². The number of benzene rings is 2. The number of amides is 1. The number of carbonyl (C=O) groups excluding carboxylic acids is 1. The van der Waals surface area contributed by atoms with E-state index in [0.717, 1.165) is 11.6 Å². The number of carbonyl (C=O) groups is 1. The Balaban J connectivity index is 2.01. The van der Waals surface area contributed by atoms with E-state index in [1.165, 1.54) is 17.0 Å². The lowest BCUT2D eigenvalue weighted by atomic mass is 10.1.